The number of aliphatic carboxylic acids is 1. The van der Waals surface area contributed by atoms with Gasteiger partial charge in [0, 0.05) is 0 Å². The van der Waals surface area contributed by atoms with Crippen molar-refractivity contribution < 1.29 is 23.1 Å². The summed E-state index contributed by atoms with van der Waals surface area (Å²) >= 11 is 0. The van der Waals surface area contributed by atoms with Crippen molar-refractivity contribution in [2.24, 2.45) is 5.73 Å². The van der Waals surface area contributed by atoms with Crippen molar-refractivity contribution in [1.29, 1.82) is 0 Å². The second-order valence-corrected chi connectivity index (χ2v) is 4.83. The van der Waals surface area contributed by atoms with E-state index < -0.39 is 34.4 Å². The fraction of sp³-hybridized carbons (Fsp3) is 0.714. The first-order valence-corrected chi connectivity index (χ1v) is 5.95. The maximum Gasteiger partial charge on any atom is 0.305 e. The van der Waals surface area contributed by atoms with E-state index in [0.717, 1.165) is 0 Å². The van der Waals surface area contributed by atoms with Crippen LogP contribution in [0.3, 0.4) is 0 Å². The summed E-state index contributed by atoms with van der Waals surface area (Å²) in [6.45, 7) is 1.64. The van der Waals surface area contributed by atoms with Gasteiger partial charge in [0.2, 0.25) is 10.0 Å². The van der Waals surface area contributed by atoms with E-state index >= 15 is 0 Å². The fourth-order valence-corrected chi connectivity index (χ4v) is 1.93. The van der Waals surface area contributed by atoms with Crippen LogP contribution in [0.1, 0.15) is 19.8 Å². The summed E-state index contributed by atoms with van der Waals surface area (Å²) in [6.07, 6.45) is -0.246. The van der Waals surface area contributed by atoms with E-state index in [-0.39, 0.29) is 5.75 Å². The molecule has 0 aliphatic carbocycles. The van der Waals surface area contributed by atoms with Gasteiger partial charge < -0.3 is 10.8 Å². The molecule has 0 spiro atoms. The number of hydrogen-bond donors (Lipinski definition) is 3. The van der Waals surface area contributed by atoms with Crippen LogP contribution in [0, 0.1) is 0 Å². The van der Waals surface area contributed by atoms with E-state index in [1.807, 2.05) is 0 Å². The molecular formula is C7H14N2O5S. The van der Waals surface area contributed by atoms with Crippen molar-refractivity contribution in [2.45, 2.75) is 25.8 Å². The van der Waals surface area contributed by atoms with E-state index in [1.165, 1.54) is 0 Å². The van der Waals surface area contributed by atoms with Gasteiger partial charge in [-0.2, -0.15) is 0 Å². The van der Waals surface area contributed by atoms with Gasteiger partial charge in [-0.05, 0) is 6.42 Å². The van der Waals surface area contributed by atoms with E-state index in [2.05, 4.69) is 0 Å². The lowest BCUT2D eigenvalue weighted by atomic mass is 10.2. The van der Waals surface area contributed by atoms with Crippen LogP contribution in [-0.2, 0) is 19.6 Å². The summed E-state index contributed by atoms with van der Waals surface area (Å²) in [5, 5.41) is 8.33. The van der Waals surface area contributed by atoms with Gasteiger partial charge in [-0.1, -0.05) is 6.92 Å². The third kappa shape index (κ3) is 6.02. The number of carboxylic acids is 1. The fourth-order valence-electron chi connectivity index (χ4n) is 0.830. The normalized spacial score (nSPS) is 13.2. The van der Waals surface area contributed by atoms with E-state index in [1.54, 1.807) is 11.6 Å². The average Bonchev–Trinajstić information content (AvgIpc) is 2.01. The zero-order chi connectivity index (χ0) is 12.1. The predicted octanol–water partition coefficient (Wildman–Crippen LogP) is -1.36. The zero-order valence-electron chi connectivity index (χ0n) is 8.26. The predicted molar refractivity (Wildman–Crippen MR) is 52.4 cm³/mol. The van der Waals surface area contributed by atoms with Gasteiger partial charge in [-0.15, -0.1) is 0 Å². The van der Waals surface area contributed by atoms with Crippen molar-refractivity contribution in [3.8, 4) is 0 Å². The summed E-state index contributed by atoms with van der Waals surface area (Å²) in [6, 6.07) is -1.35. The standard InChI is InChI=1S/C7H14N2O5S/c1-2-3-15(13,14)9-7(12)5(8)4-6(10)11/h5H,2-4,8H2,1H3,(H,9,12)(H,10,11). The van der Waals surface area contributed by atoms with Crippen LogP contribution in [-0.4, -0.2) is 37.2 Å². The first-order chi connectivity index (χ1) is 6.78. The third-order valence-corrected chi connectivity index (χ3v) is 2.92. The molecule has 15 heavy (non-hydrogen) atoms. The Morgan fingerprint density at radius 3 is 2.40 bits per heavy atom. The van der Waals surface area contributed by atoms with E-state index in [0.29, 0.717) is 6.42 Å². The minimum absolute atomic E-state index is 0.196. The first kappa shape index (κ1) is 13.8. The SMILES string of the molecule is CCCS(=O)(=O)NC(=O)C(N)CC(=O)O. The molecule has 0 fully saturated rings. The molecule has 88 valence electrons. The zero-order valence-corrected chi connectivity index (χ0v) is 9.08. The largest absolute Gasteiger partial charge is 0.481 e. The van der Waals surface area contributed by atoms with Crippen molar-refractivity contribution in [1.82, 2.24) is 4.72 Å². The van der Waals surface area contributed by atoms with Gasteiger partial charge in [0.05, 0.1) is 18.2 Å². The maximum atomic E-state index is 11.1. The molecule has 0 aliphatic heterocycles. The summed E-state index contributed by atoms with van der Waals surface area (Å²) < 4.78 is 23.9. The highest BCUT2D eigenvalue weighted by Crippen LogP contribution is 1.93. The molecule has 8 heteroatoms. The number of nitrogens with one attached hydrogen (secondary N) is 1. The number of amides is 1. The highest BCUT2D eigenvalue weighted by molar-refractivity contribution is 7.90. The Kier molecular flexibility index (Phi) is 5.23. The number of rotatable bonds is 6. The Morgan fingerprint density at radius 1 is 1.47 bits per heavy atom. The second kappa shape index (κ2) is 5.66. The molecule has 1 amide bonds. The molecule has 0 radical (unpaired) electrons. The van der Waals surface area contributed by atoms with Crippen molar-refractivity contribution in [3.05, 3.63) is 0 Å². The van der Waals surface area contributed by atoms with Crippen LogP contribution in [0.15, 0.2) is 0 Å². The molecule has 0 heterocycles. The number of carbonyl (C=O) groups excluding carboxylic acids is 1. The highest BCUT2D eigenvalue weighted by Gasteiger charge is 2.21. The monoisotopic (exact) mass is 238 g/mol. The molecule has 0 rings (SSSR count). The highest BCUT2D eigenvalue weighted by atomic mass is 32.2. The summed E-state index contributed by atoms with van der Waals surface area (Å²) in [7, 11) is -3.68. The summed E-state index contributed by atoms with van der Waals surface area (Å²) in [4.78, 5) is 21.3. The van der Waals surface area contributed by atoms with Gasteiger partial charge in [-0.3, -0.25) is 14.3 Å². The Bertz CT molecular complexity index is 337. The van der Waals surface area contributed by atoms with Crippen LogP contribution >= 0.6 is 0 Å². The van der Waals surface area contributed by atoms with Crippen molar-refractivity contribution >= 4 is 21.9 Å². The lowest BCUT2D eigenvalue weighted by molar-refractivity contribution is -0.139. The van der Waals surface area contributed by atoms with Crippen LogP contribution in [0.5, 0.6) is 0 Å². The minimum Gasteiger partial charge on any atom is -0.481 e. The van der Waals surface area contributed by atoms with Gasteiger partial charge >= 0.3 is 5.97 Å². The van der Waals surface area contributed by atoms with Crippen LogP contribution in [0.4, 0.5) is 0 Å². The number of carbonyl (C=O) groups is 2. The first-order valence-electron chi connectivity index (χ1n) is 4.30. The maximum absolute atomic E-state index is 11.1. The van der Waals surface area contributed by atoms with Gasteiger partial charge in [-0.25, -0.2) is 8.42 Å². The quantitative estimate of drug-likeness (QED) is 0.524. The Labute approximate surface area is 87.7 Å². The molecule has 0 saturated heterocycles. The van der Waals surface area contributed by atoms with Crippen LogP contribution in [0.2, 0.25) is 0 Å². The molecule has 0 aliphatic rings. The van der Waals surface area contributed by atoms with Crippen molar-refractivity contribution in [2.75, 3.05) is 5.75 Å². The molecule has 0 bridgehead atoms. The van der Waals surface area contributed by atoms with Gasteiger partial charge in [0.1, 0.15) is 0 Å². The lowest BCUT2D eigenvalue weighted by Crippen LogP contribution is -2.45. The van der Waals surface area contributed by atoms with Gasteiger partial charge in [0.15, 0.2) is 0 Å². The molecule has 0 aromatic rings. The molecule has 4 N–H and O–H groups in total. The molecule has 0 saturated carbocycles. The van der Waals surface area contributed by atoms with E-state index in [4.69, 9.17) is 10.8 Å². The molecule has 0 aromatic carbocycles. The number of nitrogens with two attached hydrogens (primary N) is 1. The Balaban J connectivity index is 4.30. The lowest BCUT2D eigenvalue weighted by Gasteiger charge is -2.09. The number of carboxylic acid groups (broad SMARTS) is 1. The Hall–Kier alpha value is -1.15. The van der Waals surface area contributed by atoms with Gasteiger partial charge in [0.25, 0.3) is 5.91 Å². The molecule has 1 unspecified atom stereocenters. The topological polar surface area (TPSA) is 127 Å². The minimum atomic E-state index is -3.68. The average molecular weight is 238 g/mol. The molecule has 7 nitrogen and oxygen atoms in total. The Morgan fingerprint density at radius 2 is 2.00 bits per heavy atom. The smallest absolute Gasteiger partial charge is 0.305 e. The van der Waals surface area contributed by atoms with Crippen molar-refractivity contribution in [3.63, 3.8) is 0 Å². The van der Waals surface area contributed by atoms with Crippen LogP contribution < -0.4 is 10.5 Å². The third-order valence-electron chi connectivity index (χ3n) is 1.46. The summed E-state index contributed by atoms with van der Waals surface area (Å²) in [5.74, 6) is -2.45. The number of hydrogen-bond acceptors (Lipinski definition) is 5. The van der Waals surface area contributed by atoms with E-state index in [9.17, 15) is 18.0 Å². The molecular weight excluding hydrogens is 224 g/mol. The number of sulfonamides is 1. The molecule has 1 atom stereocenters. The van der Waals surface area contributed by atoms with Crippen LogP contribution in [0.25, 0.3) is 0 Å². The molecule has 0 aromatic heterocycles. The summed E-state index contributed by atoms with van der Waals surface area (Å²) in [5.41, 5.74) is 5.16. The second-order valence-electron chi connectivity index (χ2n) is 2.99.